The first-order chi connectivity index (χ1) is 7.62. The lowest BCUT2D eigenvalue weighted by atomic mass is 9.74. The lowest BCUT2D eigenvalue weighted by Gasteiger charge is -2.36. The highest BCUT2D eigenvalue weighted by Gasteiger charge is 2.40. The van der Waals surface area contributed by atoms with Crippen LogP contribution in [-0.4, -0.2) is 17.9 Å². The molecule has 0 radical (unpaired) electrons. The molecule has 0 amide bonds. The van der Waals surface area contributed by atoms with Crippen LogP contribution in [0.4, 0.5) is 0 Å². The normalized spacial score (nSPS) is 35.1. The largest absolute Gasteiger partial charge is 0.490 e. The van der Waals surface area contributed by atoms with Crippen LogP contribution in [-0.2, 0) is 9.53 Å². The Morgan fingerprint density at radius 2 is 2.38 bits per heavy atom. The molecule has 0 aromatic heterocycles. The van der Waals surface area contributed by atoms with Gasteiger partial charge in [0, 0.05) is 0 Å². The van der Waals surface area contributed by atoms with Crippen molar-refractivity contribution in [3.63, 3.8) is 0 Å². The SMILES string of the molecule is CC1CCCC(N)(C(=O)C2=CCCCO2)C1. The average molecular weight is 223 g/mol. The summed E-state index contributed by atoms with van der Waals surface area (Å²) in [5.74, 6) is 1.09. The summed E-state index contributed by atoms with van der Waals surface area (Å²) in [7, 11) is 0. The molecule has 0 aromatic carbocycles. The summed E-state index contributed by atoms with van der Waals surface area (Å²) in [6, 6.07) is 0. The third kappa shape index (κ3) is 2.29. The summed E-state index contributed by atoms with van der Waals surface area (Å²) in [5.41, 5.74) is 5.59. The van der Waals surface area contributed by atoms with Crippen LogP contribution in [0.3, 0.4) is 0 Å². The van der Waals surface area contributed by atoms with Crippen molar-refractivity contribution in [1.82, 2.24) is 0 Å². The number of hydrogen-bond acceptors (Lipinski definition) is 3. The second-order valence-electron chi connectivity index (χ2n) is 5.25. The van der Waals surface area contributed by atoms with Gasteiger partial charge in [0.2, 0.25) is 5.78 Å². The van der Waals surface area contributed by atoms with Crippen LogP contribution in [0.5, 0.6) is 0 Å². The van der Waals surface area contributed by atoms with Crippen molar-refractivity contribution in [2.45, 2.75) is 51.0 Å². The number of ketones is 1. The van der Waals surface area contributed by atoms with Crippen LogP contribution >= 0.6 is 0 Å². The van der Waals surface area contributed by atoms with Gasteiger partial charge in [-0.05, 0) is 37.7 Å². The Kier molecular flexibility index (Phi) is 3.33. The predicted octanol–water partition coefficient (Wildman–Crippen LogP) is 2.16. The molecule has 16 heavy (non-hydrogen) atoms. The van der Waals surface area contributed by atoms with Gasteiger partial charge in [-0.2, -0.15) is 0 Å². The number of carbonyl (C=O) groups excluding carboxylic acids is 1. The van der Waals surface area contributed by atoms with Crippen molar-refractivity contribution in [2.75, 3.05) is 6.61 Å². The summed E-state index contributed by atoms with van der Waals surface area (Å²) >= 11 is 0. The molecule has 2 aliphatic rings. The zero-order valence-electron chi connectivity index (χ0n) is 10.00. The highest BCUT2D eigenvalue weighted by atomic mass is 16.5. The summed E-state index contributed by atoms with van der Waals surface area (Å²) in [6.45, 7) is 2.83. The molecular weight excluding hydrogens is 202 g/mol. The van der Waals surface area contributed by atoms with E-state index in [1.54, 1.807) is 0 Å². The van der Waals surface area contributed by atoms with Gasteiger partial charge in [-0.15, -0.1) is 0 Å². The number of ether oxygens (including phenoxy) is 1. The van der Waals surface area contributed by atoms with Crippen LogP contribution in [0.15, 0.2) is 11.8 Å². The molecule has 2 rings (SSSR count). The van der Waals surface area contributed by atoms with Gasteiger partial charge in [-0.1, -0.05) is 19.8 Å². The van der Waals surface area contributed by atoms with Crippen molar-refractivity contribution >= 4 is 5.78 Å². The monoisotopic (exact) mass is 223 g/mol. The minimum absolute atomic E-state index is 0.0266. The number of nitrogens with two attached hydrogens (primary N) is 1. The second kappa shape index (κ2) is 4.58. The molecule has 0 saturated heterocycles. The van der Waals surface area contributed by atoms with E-state index >= 15 is 0 Å². The molecule has 3 nitrogen and oxygen atoms in total. The Balaban J connectivity index is 2.10. The van der Waals surface area contributed by atoms with Crippen molar-refractivity contribution < 1.29 is 9.53 Å². The standard InChI is InChI=1S/C13H21NO2/c1-10-5-4-7-13(14,9-10)12(15)11-6-2-3-8-16-11/h6,10H,2-5,7-9,14H2,1H3. The van der Waals surface area contributed by atoms with Crippen molar-refractivity contribution in [3.05, 3.63) is 11.8 Å². The topological polar surface area (TPSA) is 52.3 Å². The van der Waals surface area contributed by atoms with Crippen LogP contribution in [0.25, 0.3) is 0 Å². The lowest BCUT2D eigenvalue weighted by molar-refractivity contribution is -0.125. The molecule has 1 saturated carbocycles. The third-order valence-electron chi connectivity index (χ3n) is 3.64. The van der Waals surface area contributed by atoms with Gasteiger partial charge in [0.1, 0.15) is 0 Å². The van der Waals surface area contributed by atoms with E-state index in [1.807, 2.05) is 6.08 Å². The van der Waals surface area contributed by atoms with Crippen molar-refractivity contribution in [3.8, 4) is 0 Å². The van der Waals surface area contributed by atoms with Gasteiger partial charge >= 0.3 is 0 Å². The summed E-state index contributed by atoms with van der Waals surface area (Å²) in [5, 5.41) is 0. The van der Waals surface area contributed by atoms with Crippen molar-refractivity contribution in [2.24, 2.45) is 11.7 Å². The molecule has 0 spiro atoms. The maximum atomic E-state index is 12.3. The molecule has 2 unspecified atom stereocenters. The van der Waals surface area contributed by atoms with Crippen LogP contribution in [0.2, 0.25) is 0 Å². The Hall–Kier alpha value is -0.830. The molecule has 2 atom stereocenters. The lowest BCUT2D eigenvalue weighted by Crippen LogP contribution is -2.52. The number of Topliss-reactive ketones (excluding diaryl/α,β-unsaturated/α-hetero) is 1. The zero-order valence-corrected chi connectivity index (χ0v) is 10.00. The van der Waals surface area contributed by atoms with Gasteiger partial charge in [-0.25, -0.2) is 0 Å². The fraction of sp³-hybridized carbons (Fsp3) is 0.769. The van der Waals surface area contributed by atoms with E-state index in [0.717, 1.165) is 32.1 Å². The molecule has 1 fully saturated rings. The summed E-state index contributed by atoms with van der Waals surface area (Å²) in [4.78, 5) is 12.3. The Morgan fingerprint density at radius 1 is 1.56 bits per heavy atom. The van der Waals surface area contributed by atoms with Crippen LogP contribution < -0.4 is 5.73 Å². The zero-order chi connectivity index (χ0) is 11.6. The maximum Gasteiger partial charge on any atom is 0.216 e. The third-order valence-corrected chi connectivity index (χ3v) is 3.64. The first kappa shape index (κ1) is 11.6. The maximum absolute atomic E-state index is 12.3. The second-order valence-corrected chi connectivity index (χ2v) is 5.25. The first-order valence-corrected chi connectivity index (χ1v) is 6.28. The average Bonchev–Trinajstić information content (AvgIpc) is 2.29. The molecule has 0 aromatic rings. The smallest absolute Gasteiger partial charge is 0.216 e. The molecule has 3 heteroatoms. The molecule has 0 bridgehead atoms. The van der Waals surface area contributed by atoms with E-state index < -0.39 is 5.54 Å². The van der Waals surface area contributed by atoms with Crippen LogP contribution in [0, 0.1) is 5.92 Å². The quantitative estimate of drug-likeness (QED) is 0.780. The number of allylic oxidation sites excluding steroid dienone is 1. The Morgan fingerprint density at radius 3 is 3.00 bits per heavy atom. The van der Waals surface area contributed by atoms with Gasteiger partial charge in [0.05, 0.1) is 12.1 Å². The van der Waals surface area contributed by atoms with E-state index in [1.165, 1.54) is 6.42 Å². The van der Waals surface area contributed by atoms with Crippen LogP contribution in [0.1, 0.15) is 45.4 Å². The Labute approximate surface area is 97.0 Å². The first-order valence-electron chi connectivity index (χ1n) is 6.28. The van der Waals surface area contributed by atoms with Gasteiger partial charge in [0.15, 0.2) is 5.76 Å². The van der Waals surface area contributed by atoms with Gasteiger partial charge in [-0.3, -0.25) is 4.79 Å². The fourth-order valence-electron chi connectivity index (χ4n) is 2.76. The molecular formula is C13H21NO2. The predicted molar refractivity (Wildman–Crippen MR) is 62.8 cm³/mol. The van der Waals surface area contributed by atoms with Gasteiger partial charge < -0.3 is 10.5 Å². The minimum atomic E-state index is -0.666. The number of hydrogen-bond donors (Lipinski definition) is 1. The highest BCUT2D eigenvalue weighted by molar-refractivity contribution is 6.01. The Bertz CT molecular complexity index is 311. The molecule has 2 N–H and O–H groups in total. The van der Waals surface area contributed by atoms with E-state index in [0.29, 0.717) is 18.3 Å². The molecule has 90 valence electrons. The van der Waals surface area contributed by atoms with E-state index in [9.17, 15) is 4.79 Å². The number of rotatable bonds is 2. The number of carbonyl (C=O) groups is 1. The van der Waals surface area contributed by atoms with E-state index in [4.69, 9.17) is 10.5 Å². The van der Waals surface area contributed by atoms with E-state index in [-0.39, 0.29) is 5.78 Å². The molecule has 1 aliphatic heterocycles. The summed E-state index contributed by atoms with van der Waals surface area (Å²) in [6.07, 6.45) is 7.68. The summed E-state index contributed by atoms with van der Waals surface area (Å²) < 4.78 is 5.42. The molecule has 1 heterocycles. The highest BCUT2D eigenvalue weighted by Crippen LogP contribution is 2.33. The van der Waals surface area contributed by atoms with E-state index in [2.05, 4.69) is 6.92 Å². The van der Waals surface area contributed by atoms with Gasteiger partial charge in [0.25, 0.3) is 0 Å². The van der Waals surface area contributed by atoms with Crippen molar-refractivity contribution in [1.29, 1.82) is 0 Å². The minimum Gasteiger partial charge on any atom is -0.490 e. The fourth-order valence-corrected chi connectivity index (χ4v) is 2.76. The molecule has 1 aliphatic carbocycles.